The zero-order chi connectivity index (χ0) is 33.7. The number of allylic oxidation sites excluding steroid dienone is 1. The molecule has 0 unspecified atom stereocenters. The second kappa shape index (κ2) is 11.9. The fourth-order valence-electron chi connectivity index (χ4n) is 7.22. The molecule has 0 radical (unpaired) electrons. The first-order chi connectivity index (χ1) is 22.4. The highest BCUT2D eigenvalue weighted by molar-refractivity contribution is 5.90. The van der Waals surface area contributed by atoms with Crippen molar-refractivity contribution in [2.75, 3.05) is 7.11 Å². The van der Waals surface area contributed by atoms with Crippen molar-refractivity contribution in [3.8, 4) is 11.5 Å². The number of esters is 4. The number of carbonyl (C=O) groups is 5. The molecule has 0 fully saturated rings. The van der Waals surface area contributed by atoms with E-state index in [1.54, 1.807) is 12.1 Å². The standard InChI is InChI=1S/C34H32O13/c1-17(35)43-27(28(44-18(2)36)32(40)47-25(30(37)38)19-8-5-4-6-9-19)31(39)45-23-13-15-34(41)21-10-7-14-33(34)24-20(16-21)11-12-22(42-3)26(24)46-29(23)33/h4-9,11-14,21,25,27-29,41H,10,15-16H2,1-3H3,(H,37,38)/t21-,25+,27-,28-,29+,33+,34-/m1/s1. The van der Waals surface area contributed by atoms with E-state index in [4.69, 9.17) is 28.4 Å². The molecule has 2 bridgehead atoms. The molecule has 2 N–H and O–H groups in total. The van der Waals surface area contributed by atoms with Crippen LogP contribution in [0.25, 0.3) is 0 Å². The van der Waals surface area contributed by atoms with E-state index in [0.29, 0.717) is 24.3 Å². The molecular weight excluding hydrogens is 616 g/mol. The van der Waals surface area contributed by atoms with Crippen LogP contribution in [-0.2, 0) is 54.8 Å². The summed E-state index contributed by atoms with van der Waals surface area (Å²) in [6, 6.07) is 11.2. The summed E-state index contributed by atoms with van der Waals surface area (Å²) in [5.41, 5.74) is -0.698. The van der Waals surface area contributed by atoms with Crippen molar-refractivity contribution < 1.29 is 62.6 Å². The van der Waals surface area contributed by atoms with Crippen molar-refractivity contribution in [1.29, 1.82) is 0 Å². The Hall–Kier alpha value is -5.17. The van der Waals surface area contributed by atoms with Gasteiger partial charge in [0.05, 0.1) is 18.1 Å². The van der Waals surface area contributed by atoms with Crippen molar-refractivity contribution in [3.63, 3.8) is 0 Å². The van der Waals surface area contributed by atoms with Gasteiger partial charge in [-0.1, -0.05) is 48.6 Å². The number of methoxy groups -OCH3 is 1. The van der Waals surface area contributed by atoms with Crippen LogP contribution < -0.4 is 9.47 Å². The Morgan fingerprint density at radius 1 is 0.936 bits per heavy atom. The van der Waals surface area contributed by atoms with E-state index in [0.717, 1.165) is 25.0 Å². The zero-order valence-electron chi connectivity index (χ0n) is 25.7. The van der Waals surface area contributed by atoms with Crippen LogP contribution in [0.15, 0.2) is 66.5 Å². The summed E-state index contributed by atoms with van der Waals surface area (Å²) in [7, 11) is 1.48. The van der Waals surface area contributed by atoms with Gasteiger partial charge in [0.25, 0.3) is 0 Å². The lowest BCUT2D eigenvalue weighted by atomic mass is 9.49. The molecule has 2 aromatic rings. The average molecular weight is 649 g/mol. The van der Waals surface area contributed by atoms with E-state index < -0.39 is 65.3 Å². The van der Waals surface area contributed by atoms with Crippen LogP contribution >= 0.6 is 0 Å². The van der Waals surface area contributed by atoms with Gasteiger partial charge in [-0.25, -0.2) is 14.4 Å². The Kier molecular flexibility index (Phi) is 8.04. The van der Waals surface area contributed by atoms with Crippen molar-refractivity contribution in [2.24, 2.45) is 5.92 Å². The SMILES string of the molecule is COc1ccc2c3c1O[C@H]1C(OC(=O)[C@H](OC(C)=O)[C@@H](OC(C)=O)C(=O)O[C@H](C(=O)O)c4ccccc4)=CC[C@@]4(O)[C@H](CC=C[C@]314)C2. The van der Waals surface area contributed by atoms with Gasteiger partial charge in [0.2, 0.25) is 18.3 Å². The van der Waals surface area contributed by atoms with E-state index >= 15 is 0 Å². The van der Waals surface area contributed by atoms with Gasteiger partial charge in [-0.2, -0.15) is 0 Å². The summed E-state index contributed by atoms with van der Waals surface area (Å²) in [5.74, 6) is -5.85. The van der Waals surface area contributed by atoms with Gasteiger partial charge in [0, 0.05) is 25.0 Å². The van der Waals surface area contributed by atoms with E-state index in [1.165, 1.54) is 37.5 Å². The molecular formula is C34H32O13. The summed E-state index contributed by atoms with van der Waals surface area (Å²) >= 11 is 0. The molecule has 246 valence electrons. The lowest BCUT2D eigenvalue weighted by Crippen LogP contribution is -2.66. The van der Waals surface area contributed by atoms with Crippen molar-refractivity contribution in [1.82, 2.24) is 0 Å². The average Bonchev–Trinajstić information content (AvgIpc) is 3.38. The quantitative estimate of drug-likeness (QED) is 0.218. The molecule has 0 saturated carbocycles. The maximum Gasteiger partial charge on any atom is 0.357 e. The van der Waals surface area contributed by atoms with Crippen LogP contribution in [0.3, 0.4) is 0 Å². The van der Waals surface area contributed by atoms with Gasteiger partial charge >= 0.3 is 29.8 Å². The summed E-state index contributed by atoms with van der Waals surface area (Å²) in [4.78, 5) is 63.5. The minimum absolute atomic E-state index is 0.0455. The van der Waals surface area contributed by atoms with E-state index in [2.05, 4.69) is 0 Å². The van der Waals surface area contributed by atoms with Crippen LogP contribution in [-0.4, -0.2) is 71.1 Å². The molecule has 7 atom stereocenters. The van der Waals surface area contributed by atoms with Crippen LogP contribution in [0.1, 0.15) is 49.5 Å². The molecule has 0 aromatic heterocycles. The highest BCUT2D eigenvalue weighted by atomic mass is 16.6. The van der Waals surface area contributed by atoms with Gasteiger partial charge in [-0.3, -0.25) is 9.59 Å². The Morgan fingerprint density at radius 3 is 2.26 bits per heavy atom. The molecule has 47 heavy (non-hydrogen) atoms. The number of hydrogen-bond donors (Lipinski definition) is 2. The van der Waals surface area contributed by atoms with E-state index in [9.17, 15) is 34.2 Å². The largest absolute Gasteiger partial charge is 0.493 e. The molecule has 6 rings (SSSR count). The van der Waals surface area contributed by atoms with E-state index in [1.807, 2.05) is 18.2 Å². The van der Waals surface area contributed by atoms with Crippen LogP contribution in [0, 0.1) is 5.92 Å². The normalized spacial score (nSPS) is 26.3. The molecule has 2 aromatic carbocycles. The maximum atomic E-state index is 13.8. The minimum atomic E-state index is -2.24. The number of carboxylic acids is 1. The molecule has 1 aliphatic heterocycles. The van der Waals surface area contributed by atoms with Crippen LogP contribution in [0.2, 0.25) is 0 Å². The Morgan fingerprint density at radius 2 is 1.62 bits per heavy atom. The van der Waals surface area contributed by atoms with Crippen LogP contribution in [0.4, 0.5) is 0 Å². The van der Waals surface area contributed by atoms with Gasteiger partial charge in [0.15, 0.2) is 17.6 Å². The van der Waals surface area contributed by atoms with Gasteiger partial charge in [0.1, 0.15) is 5.76 Å². The third kappa shape index (κ3) is 5.10. The predicted molar refractivity (Wildman–Crippen MR) is 158 cm³/mol. The summed E-state index contributed by atoms with van der Waals surface area (Å²) in [6.07, 6.45) is -0.744. The summed E-state index contributed by atoms with van der Waals surface area (Å²) < 4.78 is 33.2. The highest BCUT2D eigenvalue weighted by Gasteiger charge is 2.70. The van der Waals surface area contributed by atoms with Gasteiger partial charge < -0.3 is 38.6 Å². The number of hydrogen-bond acceptors (Lipinski definition) is 12. The third-order valence-corrected chi connectivity index (χ3v) is 9.13. The molecule has 4 aliphatic rings. The lowest BCUT2D eigenvalue weighted by molar-refractivity contribution is -0.194. The van der Waals surface area contributed by atoms with Crippen molar-refractivity contribution in [3.05, 3.63) is 83.1 Å². The van der Waals surface area contributed by atoms with Crippen molar-refractivity contribution >= 4 is 29.8 Å². The van der Waals surface area contributed by atoms with Crippen molar-refractivity contribution in [2.45, 2.75) is 68.5 Å². The zero-order valence-corrected chi connectivity index (χ0v) is 25.7. The summed E-state index contributed by atoms with van der Waals surface area (Å²) in [5, 5.41) is 22.0. The third-order valence-electron chi connectivity index (χ3n) is 9.13. The molecule has 0 saturated heterocycles. The predicted octanol–water partition coefficient (Wildman–Crippen LogP) is 2.62. The molecule has 0 amide bonds. The van der Waals surface area contributed by atoms with Gasteiger partial charge in [-0.15, -0.1) is 0 Å². The molecule has 1 spiro atoms. The Balaban J connectivity index is 1.34. The summed E-state index contributed by atoms with van der Waals surface area (Å²) in [6.45, 7) is 1.90. The monoisotopic (exact) mass is 648 g/mol. The lowest BCUT2D eigenvalue weighted by Gasteiger charge is -2.56. The second-order valence-corrected chi connectivity index (χ2v) is 11.8. The maximum absolute atomic E-state index is 13.8. The van der Waals surface area contributed by atoms with E-state index in [-0.39, 0.29) is 23.7 Å². The molecule has 13 nitrogen and oxygen atoms in total. The number of ether oxygens (including phenoxy) is 6. The second-order valence-electron chi connectivity index (χ2n) is 11.8. The Labute approximate surface area is 268 Å². The molecule has 3 aliphatic carbocycles. The first-order valence-corrected chi connectivity index (χ1v) is 14.9. The van der Waals surface area contributed by atoms with Gasteiger partial charge in [-0.05, 0) is 42.9 Å². The smallest absolute Gasteiger partial charge is 0.357 e. The fourth-order valence-corrected chi connectivity index (χ4v) is 7.22. The first kappa shape index (κ1) is 31.8. The number of aliphatic hydroxyl groups is 1. The fraction of sp³-hybridized carbons (Fsp3) is 0.382. The molecule has 1 heterocycles. The first-order valence-electron chi connectivity index (χ1n) is 14.9. The minimum Gasteiger partial charge on any atom is -0.493 e. The number of rotatable bonds is 10. The molecule has 13 heteroatoms. The van der Waals surface area contributed by atoms with Crippen LogP contribution in [0.5, 0.6) is 11.5 Å². The highest BCUT2D eigenvalue weighted by Crippen LogP contribution is 2.65. The number of aliphatic carboxylic acids is 1. The Bertz CT molecular complexity index is 1710. The number of benzene rings is 2. The number of carbonyl (C=O) groups excluding carboxylic acids is 4. The topological polar surface area (TPSA) is 181 Å². The number of carboxylic acid groups (broad SMARTS) is 1.